The molecule has 0 bridgehead atoms. The predicted octanol–water partition coefficient (Wildman–Crippen LogP) is 4.73. The van der Waals surface area contributed by atoms with Crippen molar-refractivity contribution in [3.8, 4) is 0 Å². The molecule has 2 heterocycles. The number of nitrogens with one attached hydrogen (secondary N) is 1. The van der Waals surface area contributed by atoms with Crippen LogP contribution in [0.2, 0.25) is 0 Å². The van der Waals surface area contributed by atoms with E-state index in [9.17, 15) is 18.4 Å². The topological polar surface area (TPSA) is 74.1 Å². The van der Waals surface area contributed by atoms with Gasteiger partial charge in [-0.25, -0.2) is 18.7 Å². The van der Waals surface area contributed by atoms with Crippen LogP contribution >= 0.6 is 11.8 Å². The van der Waals surface area contributed by atoms with E-state index in [1.807, 2.05) is 38.1 Å². The van der Waals surface area contributed by atoms with Crippen LogP contribution in [0, 0.1) is 17.6 Å². The maximum atomic E-state index is 14.0. The average molecular weight is 457 g/mol. The number of nitrogens with zero attached hydrogens (tertiary/aromatic N) is 3. The highest BCUT2D eigenvalue weighted by atomic mass is 32.2. The molecule has 0 unspecified atom stereocenters. The van der Waals surface area contributed by atoms with Crippen LogP contribution in [0.4, 0.5) is 20.2 Å². The third-order valence-electron chi connectivity index (χ3n) is 5.23. The average Bonchev–Trinajstić information content (AvgIpc) is 3.12. The van der Waals surface area contributed by atoms with Crippen molar-refractivity contribution in [3.05, 3.63) is 59.7 Å². The first-order valence-electron chi connectivity index (χ1n) is 10.3. The van der Waals surface area contributed by atoms with E-state index in [1.54, 1.807) is 6.92 Å². The Hall–Kier alpha value is -3.07. The van der Waals surface area contributed by atoms with Gasteiger partial charge in [-0.15, -0.1) is 0 Å². The van der Waals surface area contributed by atoms with Crippen LogP contribution in [0.5, 0.6) is 0 Å². The smallest absolute Gasteiger partial charge is 0.259 e. The lowest BCUT2D eigenvalue weighted by Crippen LogP contribution is -2.43. The quantitative estimate of drug-likeness (QED) is 0.707. The summed E-state index contributed by atoms with van der Waals surface area (Å²) in [4.78, 5) is 36.8. The summed E-state index contributed by atoms with van der Waals surface area (Å²) in [5.74, 6) is -1.56. The Morgan fingerprint density at radius 2 is 1.97 bits per heavy atom. The number of amides is 2. The summed E-state index contributed by atoms with van der Waals surface area (Å²) in [5.41, 5.74) is 1.19. The zero-order chi connectivity index (χ0) is 23.0. The summed E-state index contributed by atoms with van der Waals surface area (Å²) in [6.07, 6.45) is 0.385. The molecule has 0 aliphatic carbocycles. The minimum Gasteiger partial charge on any atom is -0.323 e. The van der Waals surface area contributed by atoms with Gasteiger partial charge in [0.25, 0.3) is 5.91 Å². The van der Waals surface area contributed by atoms with Crippen molar-refractivity contribution in [2.75, 3.05) is 5.32 Å². The van der Waals surface area contributed by atoms with E-state index < -0.39 is 28.8 Å². The zero-order valence-electron chi connectivity index (χ0n) is 17.8. The van der Waals surface area contributed by atoms with Crippen LogP contribution in [0.1, 0.15) is 32.8 Å². The molecule has 0 fully saturated rings. The van der Waals surface area contributed by atoms with Crippen molar-refractivity contribution in [1.82, 2.24) is 4.90 Å². The van der Waals surface area contributed by atoms with Gasteiger partial charge in [-0.05, 0) is 36.6 Å². The third-order valence-corrected chi connectivity index (χ3v) is 6.54. The number of rotatable bonds is 5. The second-order valence-corrected chi connectivity index (χ2v) is 9.02. The number of thioether (sulfide) groups is 1. The monoisotopic (exact) mass is 456 g/mol. The summed E-state index contributed by atoms with van der Waals surface area (Å²) in [6.45, 7) is 5.65. The molecule has 0 saturated heterocycles. The van der Waals surface area contributed by atoms with E-state index in [1.165, 1.54) is 4.90 Å². The van der Waals surface area contributed by atoms with Crippen LogP contribution in [0.15, 0.2) is 52.4 Å². The fraction of sp³-hybridized carbons (Fsp3) is 0.304. The molecule has 0 radical (unpaired) electrons. The Bertz CT molecular complexity index is 1150. The Kier molecular flexibility index (Phi) is 6.10. The fourth-order valence-corrected chi connectivity index (χ4v) is 4.56. The number of halogens is 2. The zero-order valence-corrected chi connectivity index (χ0v) is 18.6. The van der Waals surface area contributed by atoms with Crippen molar-refractivity contribution in [2.24, 2.45) is 15.9 Å². The normalized spacial score (nSPS) is 18.1. The van der Waals surface area contributed by atoms with E-state index in [4.69, 9.17) is 0 Å². The van der Waals surface area contributed by atoms with Crippen molar-refractivity contribution >= 4 is 46.0 Å². The maximum Gasteiger partial charge on any atom is 0.259 e. The van der Waals surface area contributed by atoms with Crippen LogP contribution in [0.3, 0.4) is 0 Å². The van der Waals surface area contributed by atoms with Crippen molar-refractivity contribution in [2.45, 2.75) is 38.5 Å². The van der Waals surface area contributed by atoms with Crippen LogP contribution < -0.4 is 5.32 Å². The van der Waals surface area contributed by atoms with Gasteiger partial charge in [0.15, 0.2) is 5.17 Å². The number of carbonyl (C=O) groups excluding carboxylic acids is 2. The molecule has 0 spiro atoms. The van der Waals surface area contributed by atoms with Gasteiger partial charge in [-0.1, -0.05) is 44.7 Å². The number of para-hydroxylation sites is 1. The number of aliphatic imine (C=N–C) groups is 2. The second kappa shape index (κ2) is 8.82. The predicted molar refractivity (Wildman–Crippen MR) is 122 cm³/mol. The standard InChI is InChI=1S/C23H22F2N4O2S/c1-4-18(21(30)26-17-11-13(24)9-10-15(17)25)32-23-27-16-8-6-5-7-14(16)20-28-19(12(2)3)22(31)29(20)23/h5-12,18-19H,4H2,1-3H3,(H,26,30)/t18-,19-/m1/s1. The number of hydrogen-bond donors (Lipinski definition) is 1. The molecule has 0 saturated carbocycles. The number of anilines is 1. The first kappa shape index (κ1) is 22.1. The van der Waals surface area contributed by atoms with Gasteiger partial charge in [0.05, 0.1) is 16.6 Å². The van der Waals surface area contributed by atoms with Crippen LogP contribution in [-0.2, 0) is 9.59 Å². The molecule has 2 aromatic carbocycles. The number of fused-ring (bicyclic) bond motifs is 3. The van der Waals surface area contributed by atoms with Gasteiger partial charge in [0, 0.05) is 11.6 Å². The molecule has 6 nitrogen and oxygen atoms in total. The van der Waals surface area contributed by atoms with Gasteiger partial charge in [-0.3, -0.25) is 14.6 Å². The summed E-state index contributed by atoms with van der Waals surface area (Å²) in [7, 11) is 0. The lowest BCUT2D eigenvalue weighted by atomic mass is 10.1. The summed E-state index contributed by atoms with van der Waals surface area (Å²) in [5, 5.41) is 2.10. The Morgan fingerprint density at radius 3 is 2.69 bits per heavy atom. The van der Waals surface area contributed by atoms with E-state index in [2.05, 4.69) is 15.3 Å². The minimum atomic E-state index is -0.729. The molecule has 2 atom stereocenters. The first-order chi connectivity index (χ1) is 15.3. The SMILES string of the molecule is CC[C@@H](SC1=Nc2ccccc2C2=N[C@H](C(C)C)C(=O)N12)C(=O)Nc1cc(F)ccc1F. The number of benzene rings is 2. The molecule has 9 heteroatoms. The van der Waals surface area contributed by atoms with Crippen molar-refractivity contribution < 1.29 is 18.4 Å². The summed E-state index contributed by atoms with van der Waals surface area (Å²) < 4.78 is 27.5. The first-order valence-corrected chi connectivity index (χ1v) is 11.2. The highest BCUT2D eigenvalue weighted by molar-refractivity contribution is 8.15. The third kappa shape index (κ3) is 4.04. The number of amidine groups is 2. The number of hydrogen-bond acceptors (Lipinski definition) is 5. The minimum absolute atomic E-state index is 0.000218. The molecule has 2 aliphatic heterocycles. The number of carbonyl (C=O) groups is 2. The second-order valence-electron chi connectivity index (χ2n) is 7.85. The highest BCUT2D eigenvalue weighted by Gasteiger charge is 2.43. The van der Waals surface area contributed by atoms with Gasteiger partial charge < -0.3 is 5.32 Å². The van der Waals surface area contributed by atoms with Gasteiger partial charge in [-0.2, -0.15) is 0 Å². The molecular formula is C23H22F2N4O2S. The Labute approximate surface area is 188 Å². The Morgan fingerprint density at radius 1 is 1.22 bits per heavy atom. The molecule has 1 N–H and O–H groups in total. The summed E-state index contributed by atoms with van der Waals surface area (Å²) >= 11 is 1.11. The molecule has 0 aromatic heterocycles. The van der Waals surface area contributed by atoms with E-state index in [-0.39, 0.29) is 17.5 Å². The van der Waals surface area contributed by atoms with Crippen molar-refractivity contribution in [3.63, 3.8) is 0 Å². The molecule has 2 aliphatic rings. The largest absolute Gasteiger partial charge is 0.323 e. The molecule has 32 heavy (non-hydrogen) atoms. The maximum absolute atomic E-state index is 14.0. The highest BCUT2D eigenvalue weighted by Crippen LogP contribution is 2.36. The molecule has 2 amide bonds. The van der Waals surface area contributed by atoms with Gasteiger partial charge >= 0.3 is 0 Å². The van der Waals surface area contributed by atoms with Crippen LogP contribution in [-0.4, -0.2) is 39.0 Å². The van der Waals surface area contributed by atoms with E-state index in [0.717, 1.165) is 35.5 Å². The van der Waals surface area contributed by atoms with Crippen molar-refractivity contribution in [1.29, 1.82) is 0 Å². The van der Waals surface area contributed by atoms with E-state index in [0.29, 0.717) is 23.1 Å². The molecule has 4 rings (SSSR count). The lowest BCUT2D eigenvalue weighted by molar-refractivity contribution is -0.125. The van der Waals surface area contributed by atoms with Gasteiger partial charge in [0.1, 0.15) is 23.5 Å². The molecule has 2 aromatic rings. The fourth-order valence-electron chi connectivity index (χ4n) is 3.54. The van der Waals surface area contributed by atoms with Gasteiger partial charge in [0.2, 0.25) is 5.91 Å². The lowest BCUT2D eigenvalue weighted by Gasteiger charge is -2.27. The molecule has 166 valence electrons. The van der Waals surface area contributed by atoms with E-state index >= 15 is 0 Å². The molecular weight excluding hydrogens is 434 g/mol. The Balaban J connectivity index is 1.64. The van der Waals surface area contributed by atoms with Crippen LogP contribution in [0.25, 0.3) is 0 Å². The summed E-state index contributed by atoms with van der Waals surface area (Å²) in [6, 6.07) is 9.73.